The Hall–Kier alpha value is -0.530. The second kappa shape index (κ2) is 6.93. The fourth-order valence-electron chi connectivity index (χ4n) is 1.53. The molecule has 0 fully saturated rings. The highest BCUT2D eigenvalue weighted by Crippen LogP contribution is 2.19. The number of rotatable bonds is 7. The van der Waals surface area contributed by atoms with Crippen molar-refractivity contribution in [1.29, 1.82) is 0 Å². The molecule has 0 aliphatic rings. The molecule has 0 aliphatic carbocycles. The van der Waals surface area contributed by atoms with Crippen LogP contribution in [-0.4, -0.2) is 11.1 Å². The predicted octanol–water partition coefficient (Wildman–Crippen LogP) is 3.31. The average Bonchev–Trinajstić information content (AvgIpc) is 2.02. The third kappa shape index (κ3) is 5.67. The number of carboxylic acids is 1. The quantitative estimate of drug-likeness (QED) is 0.619. The summed E-state index contributed by atoms with van der Waals surface area (Å²) in [6.45, 7) is 6.13. The fourth-order valence-corrected chi connectivity index (χ4v) is 1.53. The highest BCUT2D eigenvalue weighted by molar-refractivity contribution is 5.70. The van der Waals surface area contributed by atoms with Gasteiger partial charge in [-0.05, 0) is 12.3 Å². The number of aliphatic carboxylic acids is 1. The van der Waals surface area contributed by atoms with Gasteiger partial charge in [-0.2, -0.15) is 0 Å². The Labute approximate surface area is 81.3 Å². The molecule has 0 amide bonds. The van der Waals surface area contributed by atoms with Crippen molar-refractivity contribution >= 4 is 5.97 Å². The Kier molecular flexibility index (Phi) is 6.65. The summed E-state index contributed by atoms with van der Waals surface area (Å²) in [6, 6.07) is 0. The third-order valence-electron chi connectivity index (χ3n) is 2.49. The second-order valence-corrected chi connectivity index (χ2v) is 4.04. The Balaban J connectivity index is 3.64. The van der Waals surface area contributed by atoms with E-state index in [1.54, 1.807) is 0 Å². The molecule has 0 aromatic heterocycles. The number of carbonyl (C=O) groups is 1. The molecule has 78 valence electrons. The van der Waals surface area contributed by atoms with Crippen LogP contribution in [0.5, 0.6) is 0 Å². The standard InChI is InChI=1S/C11H22O2/c1-4-5-6-7-8-10(9(2)3)11(12)13/h9-10H,4-8H2,1-3H3,(H,12,13)/t10-/m1/s1. The Morgan fingerprint density at radius 1 is 1.23 bits per heavy atom. The molecule has 0 radical (unpaired) electrons. The summed E-state index contributed by atoms with van der Waals surface area (Å²) in [4.78, 5) is 10.8. The molecule has 0 bridgehead atoms. The van der Waals surface area contributed by atoms with E-state index >= 15 is 0 Å². The van der Waals surface area contributed by atoms with Crippen LogP contribution in [-0.2, 0) is 4.79 Å². The smallest absolute Gasteiger partial charge is 0.306 e. The highest BCUT2D eigenvalue weighted by atomic mass is 16.4. The highest BCUT2D eigenvalue weighted by Gasteiger charge is 2.20. The summed E-state index contributed by atoms with van der Waals surface area (Å²) in [6.07, 6.45) is 5.51. The van der Waals surface area contributed by atoms with E-state index in [2.05, 4.69) is 6.92 Å². The van der Waals surface area contributed by atoms with Crippen molar-refractivity contribution in [2.24, 2.45) is 11.8 Å². The maximum absolute atomic E-state index is 10.8. The van der Waals surface area contributed by atoms with Gasteiger partial charge in [0.1, 0.15) is 0 Å². The first-order valence-corrected chi connectivity index (χ1v) is 5.32. The maximum atomic E-state index is 10.8. The van der Waals surface area contributed by atoms with E-state index in [0.29, 0.717) is 0 Å². The molecule has 0 saturated carbocycles. The normalized spacial score (nSPS) is 13.2. The maximum Gasteiger partial charge on any atom is 0.306 e. The second-order valence-electron chi connectivity index (χ2n) is 4.04. The summed E-state index contributed by atoms with van der Waals surface area (Å²) >= 11 is 0. The van der Waals surface area contributed by atoms with Crippen molar-refractivity contribution in [1.82, 2.24) is 0 Å². The minimum absolute atomic E-state index is 0.142. The molecule has 0 spiro atoms. The van der Waals surface area contributed by atoms with Gasteiger partial charge in [0.25, 0.3) is 0 Å². The van der Waals surface area contributed by atoms with Gasteiger partial charge in [-0.25, -0.2) is 0 Å². The van der Waals surface area contributed by atoms with E-state index in [0.717, 1.165) is 12.8 Å². The van der Waals surface area contributed by atoms with Crippen LogP contribution in [0.4, 0.5) is 0 Å². The van der Waals surface area contributed by atoms with Crippen LogP contribution >= 0.6 is 0 Å². The molecule has 0 aromatic carbocycles. The monoisotopic (exact) mass is 186 g/mol. The van der Waals surface area contributed by atoms with Gasteiger partial charge in [0.2, 0.25) is 0 Å². The van der Waals surface area contributed by atoms with Gasteiger partial charge in [0.05, 0.1) is 5.92 Å². The summed E-state index contributed by atoms with van der Waals surface area (Å²) in [5.74, 6) is -0.512. The van der Waals surface area contributed by atoms with Crippen LogP contribution in [0.2, 0.25) is 0 Å². The van der Waals surface area contributed by atoms with Crippen LogP contribution in [0.15, 0.2) is 0 Å². The largest absolute Gasteiger partial charge is 0.481 e. The van der Waals surface area contributed by atoms with Crippen molar-refractivity contribution in [3.8, 4) is 0 Å². The van der Waals surface area contributed by atoms with Gasteiger partial charge < -0.3 is 5.11 Å². The first-order valence-electron chi connectivity index (χ1n) is 5.32. The van der Waals surface area contributed by atoms with Gasteiger partial charge in [-0.15, -0.1) is 0 Å². The number of hydrogen-bond acceptors (Lipinski definition) is 1. The lowest BCUT2D eigenvalue weighted by Crippen LogP contribution is -2.19. The summed E-state index contributed by atoms with van der Waals surface area (Å²) in [7, 11) is 0. The van der Waals surface area contributed by atoms with Gasteiger partial charge in [-0.1, -0.05) is 46.5 Å². The van der Waals surface area contributed by atoms with Crippen LogP contribution in [0.3, 0.4) is 0 Å². The predicted molar refractivity (Wildman–Crippen MR) is 54.7 cm³/mol. The summed E-state index contributed by atoms with van der Waals surface area (Å²) in [5.41, 5.74) is 0. The molecule has 0 aromatic rings. The molecular formula is C11H22O2. The van der Waals surface area contributed by atoms with Crippen LogP contribution in [0.25, 0.3) is 0 Å². The van der Waals surface area contributed by atoms with Crippen molar-refractivity contribution in [2.45, 2.75) is 52.9 Å². The molecule has 13 heavy (non-hydrogen) atoms. The lowest BCUT2D eigenvalue weighted by molar-refractivity contribution is -0.143. The van der Waals surface area contributed by atoms with E-state index in [-0.39, 0.29) is 11.8 Å². The Morgan fingerprint density at radius 3 is 2.23 bits per heavy atom. The van der Waals surface area contributed by atoms with E-state index in [9.17, 15) is 4.79 Å². The topological polar surface area (TPSA) is 37.3 Å². The Morgan fingerprint density at radius 2 is 1.85 bits per heavy atom. The van der Waals surface area contributed by atoms with Gasteiger partial charge in [0, 0.05) is 0 Å². The molecule has 0 saturated heterocycles. The first kappa shape index (κ1) is 12.5. The zero-order chi connectivity index (χ0) is 10.3. The minimum Gasteiger partial charge on any atom is -0.481 e. The summed E-state index contributed by atoms with van der Waals surface area (Å²) in [5, 5.41) is 8.90. The first-order chi connectivity index (χ1) is 6.09. The molecule has 0 heterocycles. The van der Waals surface area contributed by atoms with E-state index in [1.165, 1.54) is 19.3 Å². The number of unbranched alkanes of at least 4 members (excludes halogenated alkanes) is 3. The fraction of sp³-hybridized carbons (Fsp3) is 0.909. The molecule has 0 rings (SSSR count). The summed E-state index contributed by atoms with van der Waals surface area (Å²) < 4.78 is 0. The molecule has 2 nitrogen and oxygen atoms in total. The van der Waals surface area contributed by atoms with Crippen molar-refractivity contribution < 1.29 is 9.90 Å². The van der Waals surface area contributed by atoms with Crippen molar-refractivity contribution in [2.75, 3.05) is 0 Å². The van der Waals surface area contributed by atoms with Gasteiger partial charge in [0.15, 0.2) is 0 Å². The van der Waals surface area contributed by atoms with E-state index < -0.39 is 5.97 Å². The molecule has 2 heteroatoms. The third-order valence-corrected chi connectivity index (χ3v) is 2.49. The van der Waals surface area contributed by atoms with E-state index in [4.69, 9.17) is 5.11 Å². The van der Waals surface area contributed by atoms with Crippen LogP contribution in [0, 0.1) is 11.8 Å². The zero-order valence-corrected chi connectivity index (χ0v) is 9.05. The van der Waals surface area contributed by atoms with Gasteiger partial charge >= 0.3 is 5.97 Å². The lowest BCUT2D eigenvalue weighted by Gasteiger charge is -2.15. The molecule has 1 atom stereocenters. The van der Waals surface area contributed by atoms with Crippen molar-refractivity contribution in [3.63, 3.8) is 0 Å². The average molecular weight is 186 g/mol. The molecule has 0 unspecified atom stereocenters. The molecular weight excluding hydrogens is 164 g/mol. The minimum atomic E-state index is -0.633. The lowest BCUT2D eigenvalue weighted by atomic mass is 9.90. The molecule has 0 aliphatic heterocycles. The van der Waals surface area contributed by atoms with Crippen LogP contribution < -0.4 is 0 Å². The number of hydrogen-bond donors (Lipinski definition) is 1. The number of carboxylic acid groups (broad SMARTS) is 1. The van der Waals surface area contributed by atoms with Gasteiger partial charge in [-0.3, -0.25) is 4.79 Å². The SMILES string of the molecule is CCCCCC[C@@H](C(=O)O)C(C)C. The Bertz CT molecular complexity index is 141. The van der Waals surface area contributed by atoms with Crippen LogP contribution in [0.1, 0.15) is 52.9 Å². The molecule has 1 N–H and O–H groups in total. The van der Waals surface area contributed by atoms with Crippen molar-refractivity contribution in [3.05, 3.63) is 0 Å². The zero-order valence-electron chi connectivity index (χ0n) is 9.05. The van der Waals surface area contributed by atoms with E-state index in [1.807, 2.05) is 13.8 Å².